The molecule has 0 saturated heterocycles. The first-order chi connectivity index (χ1) is 12.8. The largest absolute Gasteiger partial charge is 0.345 e. The number of hydrogen-bond acceptors (Lipinski definition) is 2. The molecule has 0 aliphatic carbocycles. The van der Waals surface area contributed by atoms with Crippen molar-refractivity contribution in [3.05, 3.63) is 24.3 Å². The van der Waals surface area contributed by atoms with Crippen molar-refractivity contribution in [2.24, 2.45) is 0 Å². The highest BCUT2D eigenvalue weighted by Gasteiger charge is 2.10. The topological polar surface area (TPSA) is 49.0 Å². The first kappa shape index (κ1) is 22.5. The fourth-order valence-corrected chi connectivity index (χ4v) is 3.12. The molecule has 1 amide bonds. The van der Waals surface area contributed by atoms with Gasteiger partial charge < -0.3 is 9.88 Å². The third kappa shape index (κ3) is 11.1. The number of carbonyl (C=O) groups excluding carboxylic acids is 1. The Labute approximate surface area is 160 Å². The van der Waals surface area contributed by atoms with Crippen LogP contribution in [0.3, 0.4) is 0 Å². The first-order valence-corrected chi connectivity index (χ1v) is 10.7. The molecular formula is C22H39N3O. The normalized spacial score (nSPS) is 11.3. The SMILES string of the molecule is CCCCCCCCN(CCCCCCCC)C(=O)/C=C/c1cnc[nH]1. The van der Waals surface area contributed by atoms with E-state index in [1.165, 1.54) is 64.2 Å². The van der Waals surface area contributed by atoms with Crippen molar-refractivity contribution in [3.8, 4) is 0 Å². The molecule has 0 saturated carbocycles. The van der Waals surface area contributed by atoms with Gasteiger partial charge in [0.05, 0.1) is 18.2 Å². The van der Waals surface area contributed by atoms with Gasteiger partial charge in [0.2, 0.25) is 5.91 Å². The van der Waals surface area contributed by atoms with Crippen LogP contribution in [-0.2, 0) is 4.79 Å². The van der Waals surface area contributed by atoms with Gasteiger partial charge >= 0.3 is 0 Å². The van der Waals surface area contributed by atoms with E-state index in [1.807, 2.05) is 11.0 Å². The maximum atomic E-state index is 12.6. The molecule has 0 unspecified atom stereocenters. The number of nitrogens with zero attached hydrogens (tertiary/aromatic N) is 2. The minimum Gasteiger partial charge on any atom is -0.345 e. The highest BCUT2D eigenvalue weighted by Crippen LogP contribution is 2.10. The van der Waals surface area contributed by atoms with Gasteiger partial charge in [0.1, 0.15) is 0 Å². The van der Waals surface area contributed by atoms with Gasteiger partial charge in [-0.1, -0.05) is 78.1 Å². The molecule has 26 heavy (non-hydrogen) atoms. The molecule has 4 nitrogen and oxygen atoms in total. The lowest BCUT2D eigenvalue weighted by Crippen LogP contribution is -2.31. The van der Waals surface area contributed by atoms with Crippen molar-refractivity contribution in [2.75, 3.05) is 13.1 Å². The van der Waals surface area contributed by atoms with Crippen molar-refractivity contribution in [3.63, 3.8) is 0 Å². The molecule has 0 bridgehead atoms. The van der Waals surface area contributed by atoms with Crippen LogP contribution in [0.5, 0.6) is 0 Å². The Morgan fingerprint density at radius 1 is 0.923 bits per heavy atom. The fraction of sp³-hybridized carbons (Fsp3) is 0.727. The molecular weight excluding hydrogens is 322 g/mol. The molecule has 1 N–H and O–H groups in total. The number of hydrogen-bond donors (Lipinski definition) is 1. The molecule has 1 heterocycles. The van der Waals surface area contributed by atoms with E-state index in [0.717, 1.165) is 31.6 Å². The van der Waals surface area contributed by atoms with Gasteiger partial charge in [-0.05, 0) is 18.9 Å². The lowest BCUT2D eigenvalue weighted by atomic mass is 10.1. The lowest BCUT2D eigenvalue weighted by molar-refractivity contribution is -0.126. The highest BCUT2D eigenvalue weighted by molar-refractivity contribution is 5.91. The van der Waals surface area contributed by atoms with Gasteiger partial charge in [-0.25, -0.2) is 4.98 Å². The summed E-state index contributed by atoms with van der Waals surface area (Å²) in [5.74, 6) is 0.127. The van der Waals surface area contributed by atoms with Crippen molar-refractivity contribution < 1.29 is 4.79 Å². The molecule has 0 aliphatic heterocycles. The smallest absolute Gasteiger partial charge is 0.246 e. The van der Waals surface area contributed by atoms with Crippen LogP contribution in [-0.4, -0.2) is 33.9 Å². The van der Waals surface area contributed by atoms with E-state index in [2.05, 4.69) is 23.8 Å². The predicted molar refractivity (Wildman–Crippen MR) is 111 cm³/mol. The van der Waals surface area contributed by atoms with Gasteiger partial charge in [-0.15, -0.1) is 0 Å². The number of aromatic amines is 1. The average molecular weight is 362 g/mol. The molecule has 0 aromatic carbocycles. The maximum absolute atomic E-state index is 12.6. The second-order valence-electron chi connectivity index (χ2n) is 7.20. The van der Waals surface area contributed by atoms with Crippen LogP contribution in [0.15, 0.2) is 18.6 Å². The van der Waals surface area contributed by atoms with E-state index < -0.39 is 0 Å². The van der Waals surface area contributed by atoms with Crippen molar-refractivity contribution in [1.29, 1.82) is 0 Å². The van der Waals surface area contributed by atoms with Crippen LogP contribution in [0.4, 0.5) is 0 Å². The number of imidazole rings is 1. The van der Waals surface area contributed by atoms with Gasteiger partial charge in [-0.2, -0.15) is 0 Å². The maximum Gasteiger partial charge on any atom is 0.246 e. The van der Waals surface area contributed by atoms with Gasteiger partial charge in [0.25, 0.3) is 0 Å². The number of H-pyrrole nitrogens is 1. The third-order valence-corrected chi connectivity index (χ3v) is 4.80. The van der Waals surface area contributed by atoms with Crippen LogP contribution in [0.2, 0.25) is 0 Å². The number of unbranched alkanes of at least 4 members (excludes halogenated alkanes) is 10. The van der Waals surface area contributed by atoms with E-state index in [4.69, 9.17) is 0 Å². The standard InChI is InChI=1S/C22H39N3O/c1-3-5-7-9-11-13-17-25(18-14-12-10-8-6-4-2)22(26)16-15-21-19-23-20-24-21/h15-16,19-20H,3-14,17-18H2,1-2H3,(H,23,24)/b16-15+. The van der Waals surface area contributed by atoms with Crippen LogP contribution in [0.25, 0.3) is 6.08 Å². The summed E-state index contributed by atoms with van der Waals surface area (Å²) in [5, 5.41) is 0. The molecule has 148 valence electrons. The molecule has 4 heteroatoms. The van der Waals surface area contributed by atoms with Crippen molar-refractivity contribution >= 4 is 12.0 Å². The van der Waals surface area contributed by atoms with Gasteiger partial charge in [0, 0.05) is 19.2 Å². The van der Waals surface area contributed by atoms with E-state index in [1.54, 1.807) is 18.6 Å². The Morgan fingerprint density at radius 3 is 1.96 bits per heavy atom. The summed E-state index contributed by atoms with van der Waals surface area (Å²) < 4.78 is 0. The monoisotopic (exact) mass is 361 g/mol. The van der Waals surface area contributed by atoms with Crippen LogP contribution >= 0.6 is 0 Å². The summed E-state index contributed by atoms with van der Waals surface area (Å²) in [6, 6.07) is 0. The minimum absolute atomic E-state index is 0.127. The minimum atomic E-state index is 0.127. The van der Waals surface area contributed by atoms with Gasteiger partial charge in [0.15, 0.2) is 0 Å². The zero-order chi connectivity index (χ0) is 18.9. The molecule has 1 aromatic heterocycles. The lowest BCUT2D eigenvalue weighted by Gasteiger charge is -2.21. The summed E-state index contributed by atoms with van der Waals surface area (Å²) >= 11 is 0. The molecule has 1 aromatic rings. The Hall–Kier alpha value is -1.58. The first-order valence-electron chi connectivity index (χ1n) is 10.7. The summed E-state index contributed by atoms with van der Waals surface area (Å²) in [7, 11) is 0. The highest BCUT2D eigenvalue weighted by atomic mass is 16.2. The number of carbonyl (C=O) groups is 1. The van der Waals surface area contributed by atoms with E-state index in [0.29, 0.717) is 0 Å². The zero-order valence-corrected chi connectivity index (χ0v) is 17.0. The number of rotatable bonds is 16. The fourth-order valence-electron chi connectivity index (χ4n) is 3.12. The van der Waals surface area contributed by atoms with E-state index in [9.17, 15) is 4.79 Å². The Balaban J connectivity index is 2.36. The third-order valence-electron chi connectivity index (χ3n) is 4.80. The quantitative estimate of drug-likeness (QED) is 0.291. The van der Waals surface area contributed by atoms with Crippen LogP contribution in [0, 0.1) is 0 Å². The molecule has 0 atom stereocenters. The Bertz CT molecular complexity index is 452. The summed E-state index contributed by atoms with van der Waals surface area (Å²) in [5.41, 5.74) is 0.873. The van der Waals surface area contributed by atoms with Crippen LogP contribution in [0.1, 0.15) is 96.6 Å². The van der Waals surface area contributed by atoms with Crippen molar-refractivity contribution in [2.45, 2.75) is 90.9 Å². The molecule has 0 radical (unpaired) electrons. The van der Waals surface area contributed by atoms with E-state index in [-0.39, 0.29) is 5.91 Å². The predicted octanol–water partition coefficient (Wildman–Crippen LogP) is 5.97. The zero-order valence-electron chi connectivity index (χ0n) is 17.0. The summed E-state index contributed by atoms with van der Waals surface area (Å²) in [4.78, 5) is 21.6. The molecule has 0 spiro atoms. The van der Waals surface area contributed by atoms with Gasteiger partial charge in [-0.3, -0.25) is 4.79 Å². The summed E-state index contributed by atoms with van der Waals surface area (Å²) in [6.45, 7) is 6.25. The van der Waals surface area contributed by atoms with Crippen LogP contribution < -0.4 is 0 Å². The summed E-state index contributed by atoms with van der Waals surface area (Å²) in [6.07, 6.45) is 22.0. The molecule has 0 fully saturated rings. The number of aromatic nitrogens is 2. The second-order valence-corrected chi connectivity index (χ2v) is 7.20. The number of nitrogens with one attached hydrogen (secondary N) is 1. The van der Waals surface area contributed by atoms with Crippen molar-refractivity contribution in [1.82, 2.24) is 14.9 Å². The van der Waals surface area contributed by atoms with E-state index >= 15 is 0 Å². The Kier molecular flexibility index (Phi) is 13.5. The number of amides is 1. The molecule has 0 aliphatic rings. The Morgan fingerprint density at radius 2 is 1.46 bits per heavy atom. The second kappa shape index (κ2) is 15.7. The molecule has 1 rings (SSSR count). The average Bonchev–Trinajstić information content (AvgIpc) is 3.17.